The number of likely N-dealkylation sites (tertiary alicyclic amines) is 1. The molecule has 4 nitrogen and oxygen atoms in total. The molecule has 1 aromatic rings. The highest BCUT2D eigenvalue weighted by Gasteiger charge is 2.55. The van der Waals surface area contributed by atoms with Crippen molar-refractivity contribution < 1.29 is 14.3 Å². The summed E-state index contributed by atoms with van der Waals surface area (Å²) < 4.78 is 5.11. The number of nitrogens with zero attached hydrogens (tertiary/aromatic N) is 1. The highest BCUT2D eigenvalue weighted by Crippen LogP contribution is 2.54. The molecular formula is C22H27NO3. The summed E-state index contributed by atoms with van der Waals surface area (Å²) >= 11 is 0. The van der Waals surface area contributed by atoms with E-state index in [4.69, 9.17) is 4.74 Å². The molecule has 2 saturated carbocycles. The van der Waals surface area contributed by atoms with Crippen LogP contribution in [0.3, 0.4) is 0 Å². The highest BCUT2D eigenvalue weighted by atomic mass is 16.5. The fourth-order valence-corrected chi connectivity index (χ4v) is 5.85. The minimum atomic E-state index is -0.0889. The van der Waals surface area contributed by atoms with Crippen molar-refractivity contribution in [3.8, 4) is 0 Å². The average molecular weight is 353 g/mol. The van der Waals surface area contributed by atoms with Gasteiger partial charge in [0.1, 0.15) is 0 Å². The van der Waals surface area contributed by atoms with E-state index in [9.17, 15) is 9.59 Å². The van der Waals surface area contributed by atoms with E-state index in [2.05, 4.69) is 35.2 Å². The van der Waals surface area contributed by atoms with E-state index in [0.717, 1.165) is 25.9 Å². The summed E-state index contributed by atoms with van der Waals surface area (Å²) in [4.78, 5) is 26.2. The fraction of sp³-hybridized carbons (Fsp3) is 0.636. The number of amides is 1. The minimum Gasteiger partial charge on any atom is -0.465 e. The first-order valence-electron chi connectivity index (χ1n) is 10.1. The Hall–Kier alpha value is -1.84. The van der Waals surface area contributed by atoms with Crippen molar-refractivity contribution in [1.82, 2.24) is 4.90 Å². The molecule has 0 atom stereocenters. The third-order valence-corrected chi connectivity index (χ3v) is 7.45. The van der Waals surface area contributed by atoms with Gasteiger partial charge in [-0.05, 0) is 50.0 Å². The number of hydrogen-bond acceptors (Lipinski definition) is 3. The van der Waals surface area contributed by atoms with Gasteiger partial charge in [-0.15, -0.1) is 0 Å². The molecule has 2 heterocycles. The largest absolute Gasteiger partial charge is 0.465 e. The number of carbonyl (C=O) groups is 2. The van der Waals surface area contributed by atoms with E-state index in [1.54, 1.807) is 0 Å². The lowest BCUT2D eigenvalue weighted by atomic mass is 9.60. The molecule has 4 aliphatic rings. The molecule has 0 unspecified atom stereocenters. The molecule has 2 aliphatic heterocycles. The van der Waals surface area contributed by atoms with E-state index in [0.29, 0.717) is 30.3 Å². The summed E-state index contributed by atoms with van der Waals surface area (Å²) in [5, 5.41) is 0. The van der Waals surface area contributed by atoms with Gasteiger partial charge in [-0.2, -0.15) is 0 Å². The van der Waals surface area contributed by atoms with E-state index in [1.807, 2.05) is 0 Å². The molecular weight excluding hydrogens is 326 g/mol. The van der Waals surface area contributed by atoms with Crippen LogP contribution in [0.5, 0.6) is 0 Å². The topological polar surface area (TPSA) is 46.6 Å². The maximum atomic E-state index is 12.7. The first kappa shape index (κ1) is 16.3. The Bertz CT molecular complexity index is 706. The molecule has 0 aromatic heterocycles. The van der Waals surface area contributed by atoms with Crippen molar-refractivity contribution in [2.24, 2.45) is 16.7 Å². The number of esters is 1. The number of ether oxygens (including phenoxy) is 1. The van der Waals surface area contributed by atoms with Crippen LogP contribution in [0.1, 0.15) is 56.4 Å². The third kappa shape index (κ3) is 2.65. The maximum Gasteiger partial charge on any atom is 0.306 e. The van der Waals surface area contributed by atoms with Crippen LogP contribution in [0.2, 0.25) is 0 Å². The number of hydrogen-bond donors (Lipinski definition) is 0. The van der Waals surface area contributed by atoms with Gasteiger partial charge >= 0.3 is 5.97 Å². The summed E-state index contributed by atoms with van der Waals surface area (Å²) in [6, 6.07) is 10.9. The minimum absolute atomic E-state index is 0.00624. The number of carbonyl (C=O) groups excluding carboxylic acids is 2. The molecule has 0 N–H and O–H groups in total. The van der Waals surface area contributed by atoms with Gasteiger partial charge in [0.25, 0.3) is 0 Å². The number of cyclic esters (lactones) is 1. The van der Waals surface area contributed by atoms with Gasteiger partial charge in [0.05, 0.1) is 13.0 Å². The SMILES string of the molecule is O=C1CC2(CO1)CC(C(=O)N1CC3(CCC(c4ccccc4)CC3)C1)C2. The molecule has 4 fully saturated rings. The van der Waals surface area contributed by atoms with Crippen LogP contribution in [0.25, 0.3) is 0 Å². The van der Waals surface area contributed by atoms with Gasteiger partial charge < -0.3 is 9.64 Å². The molecule has 2 spiro atoms. The lowest BCUT2D eigenvalue weighted by molar-refractivity contribution is -0.158. The molecule has 2 aliphatic carbocycles. The standard InChI is InChI=1S/C22H27NO3/c24-19-12-22(15-26-19)10-18(11-22)20(25)23-13-21(14-23)8-6-17(7-9-21)16-4-2-1-3-5-16/h1-5,17-18H,6-15H2. The van der Waals surface area contributed by atoms with Crippen LogP contribution in [0.4, 0.5) is 0 Å². The van der Waals surface area contributed by atoms with Gasteiger partial charge in [-0.1, -0.05) is 30.3 Å². The Morgan fingerprint density at radius 1 is 1.04 bits per heavy atom. The fourth-order valence-electron chi connectivity index (χ4n) is 5.85. The molecule has 0 bridgehead atoms. The van der Waals surface area contributed by atoms with E-state index in [-0.39, 0.29) is 17.3 Å². The van der Waals surface area contributed by atoms with Gasteiger partial charge in [-0.25, -0.2) is 0 Å². The van der Waals surface area contributed by atoms with E-state index < -0.39 is 0 Å². The zero-order valence-electron chi connectivity index (χ0n) is 15.3. The second kappa shape index (κ2) is 5.83. The van der Waals surface area contributed by atoms with Crippen molar-refractivity contribution in [2.75, 3.05) is 19.7 Å². The molecule has 4 heteroatoms. The molecule has 1 amide bonds. The number of rotatable bonds is 2. The molecule has 5 rings (SSSR count). The molecule has 2 saturated heterocycles. The van der Waals surface area contributed by atoms with Crippen LogP contribution in [0.15, 0.2) is 30.3 Å². The molecule has 138 valence electrons. The first-order chi connectivity index (χ1) is 12.6. The maximum absolute atomic E-state index is 12.7. The summed E-state index contributed by atoms with van der Waals surface area (Å²) in [7, 11) is 0. The predicted octanol–water partition coefficient (Wildman–Crippen LogP) is 3.52. The lowest BCUT2D eigenvalue weighted by Gasteiger charge is -2.56. The van der Waals surface area contributed by atoms with Gasteiger partial charge in [-0.3, -0.25) is 9.59 Å². The monoisotopic (exact) mass is 353 g/mol. The zero-order valence-corrected chi connectivity index (χ0v) is 15.3. The van der Waals surface area contributed by atoms with Crippen LogP contribution in [0, 0.1) is 16.7 Å². The summed E-state index contributed by atoms with van der Waals surface area (Å²) in [5.74, 6) is 1.06. The van der Waals surface area contributed by atoms with E-state index in [1.165, 1.54) is 31.2 Å². The highest BCUT2D eigenvalue weighted by molar-refractivity contribution is 5.82. The Morgan fingerprint density at radius 2 is 1.73 bits per heavy atom. The Labute approximate surface area is 154 Å². The summed E-state index contributed by atoms with van der Waals surface area (Å²) in [6.07, 6.45) is 7.19. The normalized spacial score (nSPS) is 27.2. The molecule has 26 heavy (non-hydrogen) atoms. The Balaban J connectivity index is 1.11. The Morgan fingerprint density at radius 3 is 2.35 bits per heavy atom. The summed E-state index contributed by atoms with van der Waals surface area (Å²) in [5.41, 5.74) is 1.85. The predicted molar refractivity (Wildman–Crippen MR) is 97.4 cm³/mol. The van der Waals surface area contributed by atoms with E-state index >= 15 is 0 Å². The van der Waals surface area contributed by atoms with Crippen molar-refractivity contribution in [3.05, 3.63) is 35.9 Å². The van der Waals surface area contributed by atoms with Crippen LogP contribution in [-0.2, 0) is 14.3 Å². The lowest BCUT2D eigenvalue weighted by Crippen LogP contribution is -2.62. The summed E-state index contributed by atoms with van der Waals surface area (Å²) in [6.45, 7) is 2.43. The van der Waals surface area contributed by atoms with Crippen LogP contribution in [-0.4, -0.2) is 36.5 Å². The Kier molecular flexibility index (Phi) is 3.67. The van der Waals surface area contributed by atoms with Crippen molar-refractivity contribution in [1.29, 1.82) is 0 Å². The van der Waals surface area contributed by atoms with Gasteiger partial charge in [0.15, 0.2) is 0 Å². The second-order valence-corrected chi connectivity index (χ2v) is 9.32. The van der Waals surface area contributed by atoms with Gasteiger partial charge in [0, 0.05) is 29.8 Å². The van der Waals surface area contributed by atoms with Crippen molar-refractivity contribution >= 4 is 11.9 Å². The third-order valence-electron chi connectivity index (χ3n) is 7.45. The smallest absolute Gasteiger partial charge is 0.306 e. The van der Waals surface area contributed by atoms with Crippen LogP contribution < -0.4 is 0 Å². The first-order valence-corrected chi connectivity index (χ1v) is 10.1. The average Bonchev–Trinajstić information content (AvgIpc) is 3.01. The van der Waals surface area contributed by atoms with Crippen LogP contribution >= 0.6 is 0 Å². The van der Waals surface area contributed by atoms with Crippen molar-refractivity contribution in [2.45, 2.75) is 50.9 Å². The zero-order chi connectivity index (χ0) is 17.8. The molecule has 1 aromatic carbocycles. The number of benzene rings is 1. The quantitative estimate of drug-likeness (QED) is 0.764. The molecule has 0 radical (unpaired) electrons. The second-order valence-electron chi connectivity index (χ2n) is 9.32. The van der Waals surface area contributed by atoms with Gasteiger partial charge in [0.2, 0.25) is 5.91 Å². The van der Waals surface area contributed by atoms with Crippen molar-refractivity contribution in [3.63, 3.8) is 0 Å².